The fourth-order valence-electron chi connectivity index (χ4n) is 3.49. The maximum Gasteiger partial charge on any atom is 0.420 e. The molecule has 0 radical (unpaired) electrons. The number of benzene rings is 3. The van der Waals surface area contributed by atoms with Crippen LogP contribution in [-0.2, 0) is 17.9 Å². The number of nitrogens with zero attached hydrogens (tertiary/aromatic N) is 2. The third-order valence-electron chi connectivity index (χ3n) is 5.11. The van der Waals surface area contributed by atoms with Gasteiger partial charge in [-0.15, -0.1) is 0 Å². The van der Waals surface area contributed by atoms with Crippen molar-refractivity contribution in [3.05, 3.63) is 98.5 Å². The van der Waals surface area contributed by atoms with Crippen molar-refractivity contribution in [2.24, 2.45) is 0 Å². The maximum atomic E-state index is 12.4. The van der Waals surface area contributed by atoms with Crippen molar-refractivity contribution in [2.75, 3.05) is 10.6 Å². The van der Waals surface area contributed by atoms with Gasteiger partial charge < -0.3 is 20.4 Å². The number of anilines is 2. The second kappa shape index (κ2) is 9.91. The summed E-state index contributed by atoms with van der Waals surface area (Å²) in [5, 5.41) is 19.1. The highest BCUT2D eigenvalue weighted by molar-refractivity contribution is 5.99. The van der Waals surface area contributed by atoms with Crippen molar-refractivity contribution in [1.29, 1.82) is 0 Å². The molecule has 0 aliphatic heterocycles. The molecule has 0 saturated heterocycles. The maximum absolute atomic E-state index is 12.4. The molecule has 0 unspecified atom stereocenters. The number of hydrogen-bond acceptors (Lipinski definition) is 6. The number of rotatable bonds is 7. The molecule has 1 heterocycles. The van der Waals surface area contributed by atoms with Crippen molar-refractivity contribution >= 4 is 40.1 Å². The summed E-state index contributed by atoms with van der Waals surface area (Å²) in [5.74, 6) is -1.25. The van der Waals surface area contributed by atoms with E-state index in [-0.39, 0.29) is 29.9 Å². The number of aryl methyl sites for hydroxylation is 1. The van der Waals surface area contributed by atoms with Crippen LogP contribution in [0.2, 0.25) is 0 Å². The Morgan fingerprint density at radius 1 is 1.00 bits per heavy atom. The minimum Gasteiger partial charge on any atom is -0.407 e. The van der Waals surface area contributed by atoms with Gasteiger partial charge in [-0.3, -0.25) is 19.5 Å². The van der Waals surface area contributed by atoms with Gasteiger partial charge in [0, 0.05) is 24.0 Å². The summed E-state index contributed by atoms with van der Waals surface area (Å²) in [6.07, 6.45) is 0. The molecule has 3 N–H and O–H groups in total. The molecular weight excluding hydrogens is 454 g/mol. The Morgan fingerprint density at radius 2 is 1.71 bits per heavy atom. The van der Waals surface area contributed by atoms with Gasteiger partial charge in [-0.2, -0.15) is 0 Å². The van der Waals surface area contributed by atoms with E-state index in [0.717, 1.165) is 21.8 Å². The van der Waals surface area contributed by atoms with Crippen LogP contribution in [0, 0.1) is 17.0 Å². The lowest BCUT2D eigenvalue weighted by Gasteiger charge is -2.10. The molecule has 0 saturated carbocycles. The predicted molar refractivity (Wildman–Crippen MR) is 129 cm³/mol. The van der Waals surface area contributed by atoms with E-state index in [2.05, 4.69) is 16.0 Å². The van der Waals surface area contributed by atoms with Crippen LogP contribution in [0.1, 0.15) is 11.1 Å². The third-order valence-corrected chi connectivity index (χ3v) is 5.11. The number of carbonyl (C=O) groups excluding carboxylic acids is 2. The molecule has 0 bridgehead atoms. The second-order valence-electron chi connectivity index (χ2n) is 7.79. The largest absolute Gasteiger partial charge is 0.420 e. The van der Waals surface area contributed by atoms with Gasteiger partial charge in [0.2, 0.25) is 5.91 Å². The molecule has 0 aliphatic carbocycles. The van der Waals surface area contributed by atoms with Gasteiger partial charge in [0.1, 0.15) is 6.54 Å². The Bertz CT molecular complexity index is 1490. The minimum absolute atomic E-state index is 0.0275. The fourth-order valence-corrected chi connectivity index (χ4v) is 3.49. The molecule has 35 heavy (non-hydrogen) atoms. The highest BCUT2D eigenvalue weighted by Gasteiger charge is 2.16. The standard InChI is InChI=1S/C24H21N5O6/c1-15-4-2-6-17(10-15)26-23(31)27-18-7-3-5-16(11-18)13-25-22(30)14-28-20-9-8-19(29(33)34)12-21(20)35-24(28)32/h2-12H,13-14H2,1H3,(H,25,30)(H2,26,27,31). The number of non-ortho nitro benzene ring substituents is 1. The van der Waals surface area contributed by atoms with E-state index in [0.29, 0.717) is 11.4 Å². The lowest BCUT2D eigenvalue weighted by Crippen LogP contribution is -2.30. The Balaban J connectivity index is 1.36. The highest BCUT2D eigenvalue weighted by atomic mass is 16.6. The number of carbonyl (C=O) groups is 2. The Labute approximate surface area is 198 Å². The summed E-state index contributed by atoms with van der Waals surface area (Å²) in [5.41, 5.74) is 3.05. The van der Waals surface area contributed by atoms with Crippen molar-refractivity contribution < 1.29 is 18.9 Å². The molecule has 3 aromatic carbocycles. The molecule has 11 heteroatoms. The van der Waals surface area contributed by atoms with E-state index in [1.165, 1.54) is 12.1 Å². The Morgan fingerprint density at radius 3 is 2.43 bits per heavy atom. The second-order valence-corrected chi connectivity index (χ2v) is 7.79. The minimum atomic E-state index is -0.790. The molecule has 11 nitrogen and oxygen atoms in total. The Kier molecular flexibility index (Phi) is 6.58. The number of nitro groups is 1. The van der Waals surface area contributed by atoms with Gasteiger partial charge in [0.25, 0.3) is 5.69 Å². The first kappa shape index (κ1) is 23.2. The first-order valence-corrected chi connectivity index (χ1v) is 10.6. The van der Waals surface area contributed by atoms with Gasteiger partial charge in [0.05, 0.1) is 16.5 Å². The molecule has 0 fully saturated rings. The van der Waals surface area contributed by atoms with E-state index >= 15 is 0 Å². The summed E-state index contributed by atoms with van der Waals surface area (Å²) < 4.78 is 6.13. The molecule has 4 rings (SSSR count). The van der Waals surface area contributed by atoms with Crippen molar-refractivity contribution in [3.63, 3.8) is 0 Å². The smallest absolute Gasteiger partial charge is 0.407 e. The van der Waals surface area contributed by atoms with Crippen LogP contribution >= 0.6 is 0 Å². The lowest BCUT2D eigenvalue weighted by molar-refractivity contribution is -0.384. The van der Waals surface area contributed by atoms with Crippen molar-refractivity contribution in [2.45, 2.75) is 20.0 Å². The average Bonchev–Trinajstić information content (AvgIpc) is 3.12. The first-order valence-electron chi connectivity index (χ1n) is 10.6. The number of fused-ring (bicyclic) bond motifs is 1. The van der Waals surface area contributed by atoms with Crippen LogP contribution in [0.3, 0.4) is 0 Å². The summed E-state index contributed by atoms with van der Waals surface area (Å²) in [6, 6.07) is 17.7. The molecule has 4 aromatic rings. The van der Waals surface area contributed by atoms with Gasteiger partial charge in [-0.05, 0) is 48.4 Å². The molecule has 0 atom stereocenters. The summed E-state index contributed by atoms with van der Waals surface area (Å²) in [4.78, 5) is 47.2. The normalized spacial score (nSPS) is 10.7. The van der Waals surface area contributed by atoms with Crippen LogP contribution in [0.15, 0.2) is 75.9 Å². The van der Waals surface area contributed by atoms with Gasteiger partial charge in [-0.25, -0.2) is 9.59 Å². The number of oxazole rings is 1. The first-order chi connectivity index (χ1) is 16.8. The summed E-state index contributed by atoms with van der Waals surface area (Å²) >= 11 is 0. The number of aromatic nitrogens is 1. The van der Waals surface area contributed by atoms with Gasteiger partial charge >= 0.3 is 11.8 Å². The molecule has 178 valence electrons. The summed E-state index contributed by atoms with van der Waals surface area (Å²) in [6.45, 7) is 1.77. The Hall–Kier alpha value is -4.93. The van der Waals surface area contributed by atoms with Crippen LogP contribution in [0.4, 0.5) is 21.9 Å². The topological polar surface area (TPSA) is 149 Å². The fraction of sp³-hybridized carbons (Fsp3) is 0.125. The number of amides is 3. The van der Waals surface area contributed by atoms with Crippen LogP contribution in [-0.4, -0.2) is 21.4 Å². The van der Waals surface area contributed by atoms with Crippen LogP contribution in [0.5, 0.6) is 0 Å². The monoisotopic (exact) mass is 475 g/mol. The predicted octanol–water partition coefficient (Wildman–Crippen LogP) is 3.77. The quantitative estimate of drug-likeness (QED) is 0.274. The highest BCUT2D eigenvalue weighted by Crippen LogP contribution is 2.20. The molecule has 0 spiro atoms. The van der Waals surface area contributed by atoms with Gasteiger partial charge in [-0.1, -0.05) is 24.3 Å². The average molecular weight is 475 g/mol. The molecule has 3 amide bonds. The zero-order valence-electron chi connectivity index (χ0n) is 18.6. The van der Waals surface area contributed by atoms with E-state index in [1.54, 1.807) is 30.3 Å². The lowest BCUT2D eigenvalue weighted by atomic mass is 10.2. The van der Waals surface area contributed by atoms with E-state index in [9.17, 15) is 24.5 Å². The van der Waals surface area contributed by atoms with Crippen molar-refractivity contribution in [3.8, 4) is 0 Å². The zero-order chi connectivity index (χ0) is 24.9. The van der Waals surface area contributed by atoms with E-state index in [1.807, 2.05) is 25.1 Å². The third kappa shape index (κ3) is 5.71. The number of hydrogen-bond donors (Lipinski definition) is 3. The number of nitro benzene ring substituents is 1. The van der Waals surface area contributed by atoms with Crippen LogP contribution < -0.4 is 21.7 Å². The molecular formula is C24H21N5O6. The zero-order valence-corrected chi connectivity index (χ0v) is 18.6. The van der Waals surface area contributed by atoms with E-state index in [4.69, 9.17) is 4.42 Å². The van der Waals surface area contributed by atoms with Gasteiger partial charge in [0.15, 0.2) is 5.58 Å². The molecule has 0 aliphatic rings. The number of urea groups is 1. The molecule has 1 aromatic heterocycles. The number of nitrogens with one attached hydrogen (secondary N) is 3. The summed E-state index contributed by atoms with van der Waals surface area (Å²) in [7, 11) is 0. The van der Waals surface area contributed by atoms with E-state index < -0.39 is 22.6 Å². The van der Waals surface area contributed by atoms with Crippen molar-refractivity contribution in [1.82, 2.24) is 9.88 Å². The SMILES string of the molecule is Cc1cccc(NC(=O)Nc2cccc(CNC(=O)Cn3c(=O)oc4cc([N+](=O)[O-])ccc43)c2)c1. The van der Waals surface area contributed by atoms with Crippen LogP contribution in [0.25, 0.3) is 11.1 Å².